The minimum absolute atomic E-state index is 0.0613. The predicted octanol–water partition coefficient (Wildman–Crippen LogP) is 2.34. The topological polar surface area (TPSA) is 60.9 Å². The Balaban J connectivity index is 3.01. The molecule has 0 atom stereocenters. The molecule has 0 heterocycles. The first-order valence-corrected chi connectivity index (χ1v) is 6.80. The van der Waals surface area contributed by atoms with Crippen LogP contribution in [0.1, 0.15) is 24.2 Å². The predicted molar refractivity (Wildman–Crippen MR) is 79.6 cm³/mol. The van der Waals surface area contributed by atoms with Crippen LogP contribution in [0.4, 0.5) is 5.69 Å². The molecule has 1 amide bonds. The van der Waals surface area contributed by atoms with Crippen LogP contribution in [-0.2, 0) is 4.79 Å². The van der Waals surface area contributed by atoms with Gasteiger partial charge in [-0.05, 0) is 26.0 Å². The molecule has 5 nitrogen and oxygen atoms in total. The fourth-order valence-corrected chi connectivity index (χ4v) is 2.35. The van der Waals surface area contributed by atoms with Gasteiger partial charge in [-0.25, -0.2) is 4.79 Å². The molecular weight excluding hydrogens is 280 g/mol. The maximum Gasteiger partial charge on any atom is 0.337 e. The van der Waals surface area contributed by atoms with Gasteiger partial charge in [0, 0.05) is 20.1 Å². The van der Waals surface area contributed by atoms with Gasteiger partial charge in [-0.3, -0.25) is 4.79 Å². The summed E-state index contributed by atoms with van der Waals surface area (Å²) in [6.45, 7) is 5.14. The van der Waals surface area contributed by atoms with E-state index in [1.165, 1.54) is 6.07 Å². The number of carboxylic acid groups (broad SMARTS) is 1. The number of amides is 1. The van der Waals surface area contributed by atoms with Gasteiger partial charge in [0.25, 0.3) is 0 Å². The number of carbonyl (C=O) groups excluding carboxylic acids is 1. The molecular formula is C14H19ClN2O3. The highest BCUT2D eigenvalue weighted by molar-refractivity contribution is 6.34. The van der Waals surface area contributed by atoms with Crippen molar-refractivity contribution < 1.29 is 14.7 Å². The van der Waals surface area contributed by atoms with Gasteiger partial charge in [0.05, 0.1) is 22.8 Å². The van der Waals surface area contributed by atoms with E-state index in [0.29, 0.717) is 23.8 Å². The Morgan fingerprint density at radius 1 is 1.25 bits per heavy atom. The quantitative estimate of drug-likeness (QED) is 0.876. The molecule has 0 spiro atoms. The molecule has 0 radical (unpaired) electrons. The average Bonchev–Trinajstić information content (AvgIpc) is 2.39. The maximum absolute atomic E-state index is 12.1. The van der Waals surface area contributed by atoms with Gasteiger partial charge in [0.1, 0.15) is 0 Å². The lowest BCUT2D eigenvalue weighted by atomic mass is 10.1. The molecule has 110 valence electrons. The number of carboxylic acids is 1. The number of hydrogen-bond acceptors (Lipinski definition) is 3. The van der Waals surface area contributed by atoms with Crippen LogP contribution < -0.4 is 4.90 Å². The van der Waals surface area contributed by atoms with Crippen molar-refractivity contribution in [2.45, 2.75) is 13.8 Å². The number of rotatable bonds is 6. The number of likely N-dealkylation sites (N-methyl/N-ethyl adjacent to an activating group) is 2. The second-order valence-electron chi connectivity index (χ2n) is 4.36. The molecule has 0 aromatic heterocycles. The third-order valence-corrected chi connectivity index (χ3v) is 3.39. The molecule has 0 saturated carbocycles. The molecule has 6 heteroatoms. The summed E-state index contributed by atoms with van der Waals surface area (Å²) in [5.74, 6) is -1.13. The number of nitrogens with zero attached hydrogens (tertiary/aromatic N) is 2. The first-order chi connectivity index (χ1) is 9.42. The smallest absolute Gasteiger partial charge is 0.337 e. The first-order valence-electron chi connectivity index (χ1n) is 6.43. The Hall–Kier alpha value is -1.75. The van der Waals surface area contributed by atoms with Crippen LogP contribution >= 0.6 is 11.6 Å². The fraction of sp³-hybridized carbons (Fsp3) is 0.429. The lowest BCUT2D eigenvalue weighted by Gasteiger charge is -2.26. The molecule has 1 N–H and O–H groups in total. The van der Waals surface area contributed by atoms with Crippen molar-refractivity contribution in [1.29, 1.82) is 0 Å². The molecule has 0 aliphatic carbocycles. The van der Waals surface area contributed by atoms with Crippen molar-refractivity contribution in [3.8, 4) is 0 Å². The highest BCUT2D eigenvalue weighted by atomic mass is 35.5. The van der Waals surface area contributed by atoms with Crippen molar-refractivity contribution in [1.82, 2.24) is 4.90 Å². The molecule has 1 rings (SSSR count). The zero-order valence-electron chi connectivity index (χ0n) is 11.9. The number of hydrogen-bond donors (Lipinski definition) is 1. The van der Waals surface area contributed by atoms with Gasteiger partial charge in [0.15, 0.2) is 0 Å². The molecule has 0 fully saturated rings. The number of para-hydroxylation sites is 1. The zero-order valence-corrected chi connectivity index (χ0v) is 12.6. The van der Waals surface area contributed by atoms with E-state index in [-0.39, 0.29) is 18.0 Å². The largest absolute Gasteiger partial charge is 0.478 e. The van der Waals surface area contributed by atoms with E-state index in [1.54, 1.807) is 29.0 Å². The standard InChI is InChI=1S/C14H19ClN2O3/c1-4-17(5-2)12(18)9-16(3)13-10(14(19)20)7-6-8-11(13)15/h6-8H,4-5,9H2,1-3H3,(H,19,20). The summed E-state index contributed by atoms with van der Waals surface area (Å²) in [7, 11) is 1.66. The number of benzene rings is 1. The Morgan fingerprint density at radius 2 is 1.85 bits per heavy atom. The Labute approximate surface area is 123 Å². The number of aromatic carboxylic acids is 1. The van der Waals surface area contributed by atoms with Gasteiger partial charge < -0.3 is 14.9 Å². The maximum atomic E-state index is 12.1. The highest BCUT2D eigenvalue weighted by Crippen LogP contribution is 2.29. The van der Waals surface area contributed by atoms with Crippen molar-refractivity contribution >= 4 is 29.2 Å². The van der Waals surface area contributed by atoms with Gasteiger partial charge in [-0.15, -0.1) is 0 Å². The van der Waals surface area contributed by atoms with Crippen LogP contribution in [0, 0.1) is 0 Å². The molecule has 1 aromatic rings. The van der Waals surface area contributed by atoms with Crippen LogP contribution in [0.2, 0.25) is 5.02 Å². The molecule has 0 bridgehead atoms. The number of halogens is 1. The van der Waals surface area contributed by atoms with Gasteiger partial charge >= 0.3 is 5.97 Å². The summed E-state index contributed by atoms with van der Waals surface area (Å²) in [5, 5.41) is 9.51. The number of carbonyl (C=O) groups is 2. The summed E-state index contributed by atoms with van der Waals surface area (Å²) in [6, 6.07) is 4.67. The lowest BCUT2D eigenvalue weighted by molar-refractivity contribution is -0.129. The Morgan fingerprint density at radius 3 is 2.35 bits per heavy atom. The van der Waals surface area contributed by atoms with E-state index in [1.807, 2.05) is 13.8 Å². The molecule has 0 aliphatic rings. The van der Waals surface area contributed by atoms with E-state index >= 15 is 0 Å². The summed E-state index contributed by atoms with van der Waals surface area (Å²) in [6.07, 6.45) is 0. The molecule has 20 heavy (non-hydrogen) atoms. The molecule has 0 saturated heterocycles. The van der Waals surface area contributed by atoms with E-state index in [2.05, 4.69) is 0 Å². The molecule has 0 aliphatic heterocycles. The van der Waals surface area contributed by atoms with Crippen molar-refractivity contribution in [3.05, 3.63) is 28.8 Å². The third-order valence-electron chi connectivity index (χ3n) is 3.09. The summed E-state index contributed by atoms with van der Waals surface area (Å²) in [5.41, 5.74) is 0.453. The van der Waals surface area contributed by atoms with Gasteiger partial charge in [-0.1, -0.05) is 17.7 Å². The monoisotopic (exact) mass is 298 g/mol. The van der Waals surface area contributed by atoms with Gasteiger partial charge in [0.2, 0.25) is 5.91 Å². The second kappa shape index (κ2) is 7.14. The summed E-state index contributed by atoms with van der Waals surface area (Å²) in [4.78, 5) is 26.6. The van der Waals surface area contributed by atoms with Crippen molar-refractivity contribution in [2.24, 2.45) is 0 Å². The van der Waals surface area contributed by atoms with E-state index < -0.39 is 5.97 Å². The van der Waals surface area contributed by atoms with E-state index in [0.717, 1.165) is 0 Å². The summed E-state index contributed by atoms with van der Waals surface area (Å²) >= 11 is 6.07. The second-order valence-corrected chi connectivity index (χ2v) is 4.77. The normalized spacial score (nSPS) is 10.2. The zero-order chi connectivity index (χ0) is 15.3. The third kappa shape index (κ3) is 3.63. The lowest BCUT2D eigenvalue weighted by Crippen LogP contribution is -2.39. The SMILES string of the molecule is CCN(CC)C(=O)CN(C)c1c(Cl)cccc1C(=O)O. The average molecular weight is 299 g/mol. The van der Waals surface area contributed by atoms with Crippen LogP contribution in [0.25, 0.3) is 0 Å². The van der Waals surface area contributed by atoms with Crippen LogP contribution in [0.15, 0.2) is 18.2 Å². The highest BCUT2D eigenvalue weighted by Gasteiger charge is 2.20. The van der Waals surface area contributed by atoms with Crippen LogP contribution in [0.3, 0.4) is 0 Å². The Kier molecular flexibility index (Phi) is 5.82. The fourth-order valence-electron chi connectivity index (χ4n) is 2.03. The van der Waals surface area contributed by atoms with Crippen molar-refractivity contribution in [2.75, 3.05) is 31.6 Å². The summed E-state index contributed by atoms with van der Waals surface area (Å²) < 4.78 is 0. The van der Waals surface area contributed by atoms with E-state index in [9.17, 15) is 14.7 Å². The first kappa shape index (κ1) is 16.3. The molecule has 1 aromatic carbocycles. The Bertz CT molecular complexity index is 501. The van der Waals surface area contributed by atoms with E-state index in [4.69, 9.17) is 11.6 Å². The minimum atomic E-state index is -1.07. The minimum Gasteiger partial charge on any atom is -0.478 e. The molecule has 0 unspecified atom stereocenters. The van der Waals surface area contributed by atoms with Gasteiger partial charge in [-0.2, -0.15) is 0 Å². The van der Waals surface area contributed by atoms with Crippen molar-refractivity contribution in [3.63, 3.8) is 0 Å². The number of anilines is 1. The van der Waals surface area contributed by atoms with Crippen LogP contribution in [-0.4, -0.2) is 48.6 Å². The van der Waals surface area contributed by atoms with Crippen LogP contribution in [0.5, 0.6) is 0 Å².